The molecule has 0 spiro atoms. The van der Waals surface area contributed by atoms with Gasteiger partial charge in [-0.1, -0.05) is 25.9 Å². The van der Waals surface area contributed by atoms with Crippen LogP contribution >= 0.6 is 0 Å². The number of nitrogens with zero attached hydrogens (tertiary/aromatic N) is 4. The van der Waals surface area contributed by atoms with Crippen molar-refractivity contribution in [3.63, 3.8) is 0 Å². The number of hydrogen-bond acceptors (Lipinski definition) is 5. The predicted octanol–water partition coefficient (Wildman–Crippen LogP) is 2.59. The Morgan fingerprint density at radius 2 is 2.14 bits per heavy atom. The maximum Gasteiger partial charge on any atom is 0.232 e. The molecule has 7 nitrogen and oxygen atoms in total. The van der Waals surface area contributed by atoms with Crippen LogP contribution in [0.25, 0.3) is 0 Å². The number of anilines is 1. The molecular weight excluding hydrogens is 366 g/mol. The Kier molecular flexibility index (Phi) is 5.81. The van der Waals surface area contributed by atoms with E-state index in [1.54, 1.807) is 7.05 Å². The second kappa shape index (κ2) is 8.12. The van der Waals surface area contributed by atoms with Gasteiger partial charge >= 0.3 is 0 Å². The molecule has 9 heteroatoms. The highest BCUT2D eigenvalue weighted by Gasteiger charge is 2.26. The summed E-state index contributed by atoms with van der Waals surface area (Å²) in [6.07, 6.45) is 0.813. The predicted molar refractivity (Wildman–Crippen MR) is 103 cm³/mol. The highest BCUT2D eigenvalue weighted by molar-refractivity contribution is 5.80. The first-order valence-electron chi connectivity index (χ1n) is 9.26. The third kappa shape index (κ3) is 4.76. The van der Waals surface area contributed by atoms with Gasteiger partial charge in [-0.15, -0.1) is 0 Å². The van der Waals surface area contributed by atoms with E-state index in [-0.39, 0.29) is 11.5 Å². The van der Waals surface area contributed by atoms with Crippen LogP contribution in [-0.2, 0) is 12.0 Å². The van der Waals surface area contributed by atoms with Crippen molar-refractivity contribution in [2.24, 2.45) is 4.99 Å². The fraction of sp³-hybridized carbons (Fsp3) is 0.526. The van der Waals surface area contributed by atoms with Gasteiger partial charge in [-0.05, 0) is 18.6 Å². The number of nitrogens with one attached hydrogen (secondary N) is 2. The van der Waals surface area contributed by atoms with Crippen LogP contribution in [0.2, 0.25) is 0 Å². The van der Waals surface area contributed by atoms with Gasteiger partial charge in [0.25, 0.3) is 0 Å². The van der Waals surface area contributed by atoms with Crippen LogP contribution < -0.4 is 15.5 Å². The van der Waals surface area contributed by atoms with Crippen molar-refractivity contribution >= 4 is 11.6 Å². The van der Waals surface area contributed by atoms with Crippen LogP contribution in [0.15, 0.2) is 27.7 Å². The maximum atomic E-state index is 14.0. The SMILES string of the molecule is CN=C(NCc1noc(C(C)(C)C)n1)NC1CCN(c2ccc(F)cc2F)C1. The van der Waals surface area contributed by atoms with Crippen LogP contribution in [0.5, 0.6) is 0 Å². The normalized spacial score (nSPS) is 17.9. The van der Waals surface area contributed by atoms with Gasteiger partial charge in [0.2, 0.25) is 5.89 Å². The third-order valence-electron chi connectivity index (χ3n) is 4.53. The number of benzene rings is 1. The standard InChI is InChI=1S/C19H26F2N6O/c1-19(2,3)17-25-16(26-28-17)10-23-18(22-4)24-13-7-8-27(11-13)15-6-5-12(20)9-14(15)21/h5-6,9,13H,7-8,10-11H2,1-4H3,(H2,22,23,24). The minimum absolute atomic E-state index is 0.0889. The molecule has 1 fully saturated rings. The van der Waals surface area contributed by atoms with Crippen molar-refractivity contribution in [3.8, 4) is 0 Å². The molecule has 0 bridgehead atoms. The van der Waals surface area contributed by atoms with Gasteiger partial charge in [0, 0.05) is 37.7 Å². The molecule has 2 heterocycles. The first-order chi connectivity index (χ1) is 13.3. The molecule has 1 aromatic carbocycles. The number of aliphatic imine (C=N–C) groups is 1. The lowest BCUT2D eigenvalue weighted by atomic mass is 9.97. The second-order valence-electron chi connectivity index (χ2n) is 7.86. The van der Waals surface area contributed by atoms with Crippen molar-refractivity contribution in [2.75, 3.05) is 25.0 Å². The largest absolute Gasteiger partial charge is 0.367 e. The molecule has 1 aromatic heterocycles. The molecule has 0 saturated carbocycles. The van der Waals surface area contributed by atoms with Gasteiger partial charge in [0.05, 0.1) is 12.2 Å². The van der Waals surface area contributed by atoms with Gasteiger partial charge in [0.15, 0.2) is 11.8 Å². The van der Waals surface area contributed by atoms with Crippen LogP contribution in [0.3, 0.4) is 0 Å². The average Bonchev–Trinajstić information content (AvgIpc) is 3.27. The quantitative estimate of drug-likeness (QED) is 0.615. The number of aromatic nitrogens is 2. The zero-order valence-corrected chi connectivity index (χ0v) is 16.6. The fourth-order valence-electron chi connectivity index (χ4n) is 3.02. The Morgan fingerprint density at radius 3 is 2.79 bits per heavy atom. The van der Waals surface area contributed by atoms with E-state index in [1.165, 1.54) is 12.1 Å². The zero-order valence-electron chi connectivity index (χ0n) is 16.6. The Balaban J connectivity index is 1.53. The Bertz CT molecular complexity index is 845. The lowest BCUT2D eigenvalue weighted by Crippen LogP contribution is -2.44. The van der Waals surface area contributed by atoms with Gasteiger partial charge in [-0.3, -0.25) is 4.99 Å². The van der Waals surface area contributed by atoms with Gasteiger partial charge in [0.1, 0.15) is 11.6 Å². The van der Waals surface area contributed by atoms with E-state index in [4.69, 9.17) is 4.52 Å². The number of halogens is 2. The van der Waals surface area contributed by atoms with E-state index >= 15 is 0 Å². The summed E-state index contributed by atoms with van der Waals surface area (Å²) in [5, 5.41) is 10.5. The molecule has 3 rings (SSSR count). The van der Waals surface area contributed by atoms with Crippen molar-refractivity contribution in [1.82, 2.24) is 20.8 Å². The molecule has 152 valence electrons. The van der Waals surface area contributed by atoms with Gasteiger partial charge < -0.3 is 20.1 Å². The molecule has 1 saturated heterocycles. The minimum atomic E-state index is -0.573. The van der Waals surface area contributed by atoms with E-state index in [0.717, 1.165) is 12.5 Å². The lowest BCUT2D eigenvalue weighted by molar-refractivity contribution is 0.318. The Morgan fingerprint density at radius 1 is 1.36 bits per heavy atom. The van der Waals surface area contributed by atoms with E-state index in [9.17, 15) is 8.78 Å². The van der Waals surface area contributed by atoms with Crippen molar-refractivity contribution < 1.29 is 13.3 Å². The molecule has 28 heavy (non-hydrogen) atoms. The molecule has 1 atom stereocenters. The van der Waals surface area contributed by atoms with Crippen molar-refractivity contribution in [3.05, 3.63) is 41.5 Å². The van der Waals surface area contributed by atoms with E-state index in [2.05, 4.69) is 25.8 Å². The zero-order chi connectivity index (χ0) is 20.3. The summed E-state index contributed by atoms with van der Waals surface area (Å²) in [5.74, 6) is 0.619. The summed E-state index contributed by atoms with van der Waals surface area (Å²) in [5.41, 5.74) is 0.212. The lowest BCUT2D eigenvalue weighted by Gasteiger charge is -2.20. The molecule has 1 unspecified atom stereocenters. The number of rotatable bonds is 4. The Hall–Kier alpha value is -2.71. The summed E-state index contributed by atoms with van der Waals surface area (Å²) in [4.78, 5) is 10.5. The average molecular weight is 392 g/mol. The molecule has 0 radical (unpaired) electrons. The topological polar surface area (TPSA) is 78.6 Å². The van der Waals surface area contributed by atoms with Crippen LogP contribution in [0, 0.1) is 11.6 Å². The summed E-state index contributed by atoms with van der Waals surface area (Å²) in [6, 6.07) is 3.75. The van der Waals surface area contributed by atoms with Gasteiger partial charge in [-0.2, -0.15) is 4.98 Å². The maximum absolute atomic E-state index is 14.0. The highest BCUT2D eigenvalue weighted by atomic mass is 19.1. The minimum Gasteiger partial charge on any atom is -0.367 e. The second-order valence-corrected chi connectivity index (χ2v) is 7.86. The fourth-order valence-corrected chi connectivity index (χ4v) is 3.02. The monoisotopic (exact) mass is 392 g/mol. The molecule has 2 N–H and O–H groups in total. The molecule has 0 amide bonds. The van der Waals surface area contributed by atoms with E-state index < -0.39 is 11.6 Å². The van der Waals surface area contributed by atoms with Gasteiger partial charge in [-0.25, -0.2) is 8.78 Å². The molecule has 2 aromatic rings. The number of hydrogen-bond donors (Lipinski definition) is 2. The van der Waals surface area contributed by atoms with Crippen molar-refractivity contribution in [1.29, 1.82) is 0 Å². The molecular formula is C19H26F2N6O. The first-order valence-corrected chi connectivity index (χ1v) is 9.26. The van der Waals surface area contributed by atoms with E-state index in [0.29, 0.717) is 43.0 Å². The molecule has 1 aliphatic heterocycles. The summed E-state index contributed by atoms with van der Waals surface area (Å²) in [6.45, 7) is 7.68. The smallest absolute Gasteiger partial charge is 0.232 e. The molecule has 0 aliphatic carbocycles. The van der Waals surface area contributed by atoms with Crippen LogP contribution in [-0.4, -0.2) is 42.3 Å². The van der Waals surface area contributed by atoms with E-state index in [1.807, 2.05) is 25.7 Å². The third-order valence-corrected chi connectivity index (χ3v) is 4.53. The molecule has 1 aliphatic rings. The number of guanidine groups is 1. The summed E-state index contributed by atoms with van der Waals surface area (Å²) in [7, 11) is 1.68. The summed E-state index contributed by atoms with van der Waals surface area (Å²) >= 11 is 0. The van der Waals surface area contributed by atoms with Crippen LogP contribution in [0.4, 0.5) is 14.5 Å². The first kappa shape index (κ1) is 20.0. The van der Waals surface area contributed by atoms with Crippen molar-refractivity contribution in [2.45, 2.75) is 45.2 Å². The van der Waals surface area contributed by atoms with Crippen LogP contribution in [0.1, 0.15) is 38.9 Å². The Labute approximate surface area is 163 Å². The highest BCUT2D eigenvalue weighted by Crippen LogP contribution is 2.24. The summed E-state index contributed by atoms with van der Waals surface area (Å²) < 4.78 is 32.4.